The molecule has 5 heteroatoms. The number of pyridine rings is 1. The van der Waals surface area contributed by atoms with Gasteiger partial charge in [-0.1, -0.05) is 36.4 Å². The van der Waals surface area contributed by atoms with Crippen LogP contribution in [0.3, 0.4) is 0 Å². The summed E-state index contributed by atoms with van der Waals surface area (Å²) in [5.41, 5.74) is 6.33. The van der Waals surface area contributed by atoms with Gasteiger partial charge in [0.1, 0.15) is 18.0 Å². The number of benzene rings is 2. The highest BCUT2D eigenvalue weighted by Crippen LogP contribution is 2.32. The number of para-hydroxylation sites is 1. The predicted octanol–water partition coefficient (Wildman–Crippen LogP) is 5.97. The van der Waals surface area contributed by atoms with Crippen LogP contribution in [0, 0.1) is 6.92 Å². The van der Waals surface area contributed by atoms with Crippen LogP contribution in [-0.2, 0) is 24.2 Å². The number of hydrogen-bond donors (Lipinski definition) is 0. The van der Waals surface area contributed by atoms with Gasteiger partial charge in [-0.15, -0.1) is 0 Å². The van der Waals surface area contributed by atoms with Crippen molar-refractivity contribution in [3.8, 4) is 16.9 Å². The van der Waals surface area contributed by atoms with E-state index in [-0.39, 0.29) is 6.09 Å². The summed E-state index contributed by atoms with van der Waals surface area (Å²) in [6, 6.07) is 18.7. The SMILES string of the molecule is Cc1ccnc(COc2ccccc2-c2ccc3c(c2)CCN(C(=O)OC(C)(C)C)CC3)c1. The summed E-state index contributed by atoms with van der Waals surface area (Å²) in [5.74, 6) is 0.838. The van der Waals surface area contributed by atoms with Crippen LogP contribution in [0.2, 0.25) is 0 Å². The molecular formula is C28H32N2O3. The average molecular weight is 445 g/mol. The number of carbonyl (C=O) groups is 1. The summed E-state index contributed by atoms with van der Waals surface area (Å²) in [6.07, 6.45) is 3.21. The van der Waals surface area contributed by atoms with Gasteiger partial charge < -0.3 is 14.4 Å². The molecule has 172 valence electrons. The number of rotatable bonds is 4. The predicted molar refractivity (Wildman–Crippen MR) is 130 cm³/mol. The van der Waals surface area contributed by atoms with Crippen LogP contribution in [0.1, 0.15) is 43.2 Å². The fourth-order valence-electron chi connectivity index (χ4n) is 4.06. The van der Waals surface area contributed by atoms with E-state index in [0.717, 1.165) is 35.4 Å². The van der Waals surface area contributed by atoms with Gasteiger partial charge in [-0.25, -0.2) is 4.79 Å². The number of carbonyl (C=O) groups excluding carboxylic acids is 1. The van der Waals surface area contributed by atoms with Gasteiger partial charge in [0, 0.05) is 24.8 Å². The molecule has 3 aromatic rings. The molecule has 5 nitrogen and oxygen atoms in total. The molecule has 1 aliphatic rings. The smallest absolute Gasteiger partial charge is 0.410 e. The van der Waals surface area contributed by atoms with Gasteiger partial charge in [0.05, 0.1) is 5.69 Å². The Kier molecular flexibility index (Phi) is 6.68. The molecule has 2 aromatic carbocycles. The topological polar surface area (TPSA) is 51.7 Å². The van der Waals surface area contributed by atoms with Gasteiger partial charge in [0.15, 0.2) is 0 Å². The minimum Gasteiger partial charge on any atom is -0.487 e. The van der Waals surface area contributed by atoms with Gasteiger partial charge in [-0.2, -0.15) is 0 Å². The zero-order valence-electron chi connectivity index (χ0n) is 19.9. The lowest BCUT2D eigenvalue weighted by atomic mass is 9.96. The van der Waals surface area contributed by atoms with Gasteiger partial charge in [-0.05, 0) is 81.0 Å². The van der Waals surface area contributed by atoms with Crippen molar-refractivity contribution >= 4 is 6.09 Å². The average Bonchev–Trinajstić information content (AvgIpc) is 2.99. The number of amides is 1. The first-order valence-corrected chi connectivity index (χ1v) is 11.5. The molecule has 0 unspecified atom stereocenters. The molecule has 0 aliphatic carbocycles. The van der Waals surface area contributed by atoms with Crippen LogP contribution in [-0.4, -0.2) is 34.7 Å². The standard InChI is InChI=1S/C28H32N2O3/c1-20-11-14-29-24(17-20)19-32-26-8-6-5-7-25(26)23-10-9-21-12-15-30(16-13-22(21)18-23)27(31)33-28(2,3)4/h5-11,14,17-18H,12-13,15-16,19H2,1-4H3. The van der Waals surface area contributed by atoms with Crippen molar-refractivity contribution in [2.75, 3.05) is 13.1 Å². The van der Waals surface area contributed by atoms with Crippen molar-refractivity contribution in [2.45, 2.75) is 52.7 Å². The van der Waals surface area contributed by atoms with Crippen LogP contribution in [0.15, 0.2) is 60.8 Å². The molecule has 0 saturated heterocycles. The summed E-state index contributed by atoms with van der Waals surface area (Å²) in [6.45, 7) is 9.51. The number of hydrogen-bond acceptors (Lipinski definition) is 4. The maximum atomic E-state index is 12.5. The fourth-order valence-corrected chi connectivity index (χ4v) is 4.06. The Hall–Kier alpha value is -3.34. The first kappa shape index (κ1) is 22.8. The Bertz CT molecular complexity index is 1130. The van der Waals surface area contributed by atoms with Gasteiger partial charge in [0.2, 0.25) is 0 Å². The molecule has 0 saturated carbocycles. The lowest BCUT2D eigenvalue weighted by Gasteiger charge is -2.26. The third-order valence-electron chi connectivity index (χ3n) is 5.71. The zero-order chi connectivity index (χ0) is 23.4. The molecule has 0 N–H and O–H groups in total. The molecule has 0 fully saturated rings. The molecule has 1 aliphatic heterocycles. The number of aryl methyl sites for hydroxylation is 1. The van der Waals surface area contributed by atoms with Crippen LogP contribution >= 0.6 is 0 Å². The Balaban J connectivity index is 1.51. The largest absolute Gasteiger partial charge is 0.487 e. The van der Waals surface area contributed by atoms with Gasteiger partial charge in [0.25, 0.3) is 0 Å². The third kappa shape index (κ3) is 5.92. The highest BCUT2D eigenvalue weighted by molar-refractivity contribution is 5.72. The summed E-state index contributed by atoms with van der Waals surface area (Å²) in [7, 11) is 0. The second kappa shape index (κ2) is 9.65. The quantitative estimate of drug-likeness (QED) is 0.497. The third-order valence-corrected chi connectivity index (χ3v) is 5.71. The van der Waals surface area contributed by atoms with Crippen molar-refractivity contribution in [1.82, 2.24) is 9.88 Å². The first-order valence-electron chi connectivity index (χ1n) is 11.5. The molecule has 1 aromatic heterocycles. The zero-order valence-corrected chi connectivity index (χ0v) is 19.9. The minimum absolute atomic E-state index is 0.237. The molecule has 33 heavy (non-hydrogen) atoms. The van der Waals surface area contributed by atoms with Crippen LogP contribution in [0.5, 0.6) is 5.75 Å². The second-order valence-corrected chi connectivity index (χ2v) is 9.56. The van der Waals surface area contributed by atoms with E-state index in [0.29, 0.717) is 19.7 Å². The number of ether oxygens (including phenoxy) is 2. The molecule has 0 spiro atoms. The normalized spacial score (nSPS) is 13.8. The minimum atomic E-state index is -0.485. The van der Waals surface area contributed by atoms with E-state index in [1.807, 2.05) is 62.2 Å². The highest BCUT2D eigenvalue weighted by Gasteiger charge is 2.24. The lowest BCUT2D eigenvalue weighted by molar-refractivity contribution is 0.0258. The Morgan fingerprint density at radius 2 is 1.76 bits per heavy atom. The molecular weight excluding hydrogens is 412 g/mol. The Morgan fingerprint density at radius 3 is 2.52 bits per heavy atom. The Morgan fingerprint density at radius 1 is 1.00 bits per heavy atom. The molecule has 0 atom stereocenters. The van der Waals surface area contributed by atoms with E-state index in [4.69, 9.17) is 9.47 Å². The van der Waals surface area contributed by atoms with E-state index in [1.54, 1.807) is 0 Å². The van der Waals surface area contributed by atoms with Crippen molar-refractivity contribution in [2.24, 2.45) is 0 Å². The Labute approximate surface area is 196 Å². The van der Waals surface area contributed by atoms with Crippen molar-refractivity contribution in [3.63, 3.8) is 0 Å². The molecule has 4 rings (SSSR count). The van der Waals surface area contributed by atoms with Gasteiger partial charge >= 0.3 is 6.09 Å². The highest BCUT2D eigenvalue weighted by atomic mass is 16.6. The molecule has 1 amide bonds. The van der Waals surface area contributed by atoms with Crippen molar-refractivity contribution in [3.05, 3.63) is 83.2 Å². The number of nitrogens with zero attached hydrogens (tertiary/aromatic N) is 2. The van der Waals surface area contributed by atoms with Crippen LogP contribution < -0.4 is 4.74 Å². The molecule has 0 radical (unpaired) electrons. The van der Waals surface area contributed by atoms with E-state index in [9.17, 15) is 4.79 Å². The van der Waals surface area contributed by atoms with Gasteiger partial charge in [-0.3, -0.25) is 4.98 Å². The second-order valence-electron chi connectivity index (χ2n) is 9.56. The van der Waals surface area contributed by atoms with E-state index in [1.165, 1.54) is 16.7 Å². The monoisotopic (exact) mass is 444 g/mol. The lowest BCUT2D eigenvalue weighted by Crippen LogP contribution is -2.38. The van der Waals surface area contributed by atoms with E-state index in [2.05, 4.69) is 36.2 Å². The summed E-state index contributed by atoms with van der Waals surface area (Å²) < 4.78 is 11.7. The van der Waals surface area contributed by atoms with Crippen molar-refractivity contribution in [1.29, 1.82) is 0 Å². The van der Waals surface area contributed by atoms with Crippen molar-refractivity contribution < 1.29 is 14.3 Å². The van der Waals surface area contributed by atoms with Crippen LogP contribution in [0.25, 0.3) is 11.1 Å². The van der Waals surface area contributed by atoms with E-state index < -0.39 is 5.60 Å². The van der Waals surface area contributed by atoms with Crippen LogP contribution in [0.4, 0.5) is 4.79 Å². The molecule has 2 heterocycles. The summed E-state index contributed by atoms with van der Waals surface area (Å²) >= 11 is 0. The maximum absolute atomic E-state index is 12.5. The molecule has 0 bridgehead atoms. The fraction of sp³-hybridized carbons (Fsp3) is 0.357. The summed E-state index contributed by atoms with van der Waals surface area (Å²) in [5, 5.41) is 0. The first-order chi connectivity index (χ1) is 15.8. The van der Waals surface area contributed by atoms with E-state index >= 15 is 0 Å². The summed E-state index contributed by atoms with van der Waals surface area (Å²) in [4.78, 5) is 18.8. The maximum Gasteiger partial charge on any atom is 0.410 e. The number of aromatic nitrogens is 1. The number of fused-ring (bicyclic) bond motifs is 1.